The topological polar surface area (TPSA) is 95.8 Å². The van der Waals surface area contributed by atoms with E-state index >= 15 is 0 Å². The van der Waals surface area contributed by atoms with Crippen molar-refractivity contribution < 1.29 is 9.18 Å². The minimum absolute atomic E-state index is 0.0546. The van der Waals surface area contributed by atoms with Crippen LogP contribution < -0.4 is 11.4 Å². The fraction of sp³-hybridized carbons (Fsp3) is 0.100. The van der Waals surface area contributed by atoms with E-state index in [-0.39, 0.29) is 22.7 Å². The first-order chi connectivity index (χ1) is 13.4. The molecule has 7 nitrogen and oxygen atoms in total. The molecule has 8 heteroatoms. The second-order valence-corrected chi connectivity index (χ2v) is 6.45. The van der Waals surface area contributed by atoms with Crippen LogP contribution in [0, 0.1) is 12.7 Å². The first-order valence-electron chi connectivity index (χ1n) is 8.49. The maximum Gasteiger partial charge on any atom is 0.334 e. The average molecular weight is 377 g/mol. The van der Waals surface area contributed by atoms with E-state index in [9.17, 15) is 14.0 Å². The predicted octanol–water partition coefficient (Wildman–Crippen LogP) is 2.33. The number of benzene rings is 2. The second-order valence-electron chi connectivity index (χ2n) is 6.45. The van der Waals surface area contributed by atoms with Crippen molar-refractivity contribution in [1.82, 2.24) is 19.1 Å². The number of carbonyl (C=O) groups is 1. The Balaban J connectivity index is 2.09. The van der Waals surface area contributed by atoms with Crippen molar-refractivity contribution in [2.24, 2.45) is 12.8 Å². The molecule has 0 saturated carbocycles. The number of nitrogens with two attached hydrogens (primary N) is 1. The lowest BCUT2D eigenvalue weighted by molar-refractivity contribution is 0.0997. The van der Waals surface area contributed by atoms with Crippen LogP contribution in [0.25, 0.3) is 28.2 Å². The molecule has 0 unspecified atom stereocenters. The molecule has 2 heterocycles. The lowest BCUT2D eigenvalue weighted by atomic mass is 10.1. The molecule has 1 amide bonds. The molecule has 4 rings (SSSR count). The Morgan fingerprint density at radius 1 is 1.04 bits per heavy atom. The number of primary amides is 1. The first kappa shape index (κ1) is 17.6. The van der Waals surface area contributed by atoms with E-state index in [0.29, 0.717) is 11.3 Å². The summed E-state index contributed by atoms with van der Waals surface area (Å²) in [5, 5.41) is 0. The van der Waals surface area contributed by atoms with Gasteiger partial charge in [0.15, 0.2) is 17.2 Å². The minimum atomic E-state index is -0.771. The van der Waals surface area contributed by atoms with Crippen LogP contribution in [0.3, 0.4) is 0 Å². The van der Waals surface area contributed by atoms with Crippen LogP contribution in [0.2, 0.25) is 0 Å². The zero-order valence-corrected chi connectivity index (χ0v) is 15.2. The molecule has 0 atom stereocenters. The molecule has 0 fully saturated rings. The number of carbonyl (C=O) groups excluding carboxylic acids is 1. The Bertz CT molecular complexity index is 1270. The highest BCUT2D eigenvalue weighted by Gasteiger charge is 2.22. The lowest BCUT2D eigenvalue weighted by Crippen LogP contribution is -2.21. The standard InChI is InChI=1S/C20H16FN5O2/c1-11-3-5-12(6-4-11)18-23-15(17(22)27)16-19(24-18)26(20(28)25(16)2)14-9-7-13(21)8-10-14/h3-10H,1-2H3,(H2,22,27). The number of rotatable bonds is 3. The third-order valence-electron chi connectivity index (χ3n) is 4.52. The van der Waals surface area contributed by atoms with E-state index in [0.717, 1.165) is 5.56 Å². The predicted molar refractivity (Wildman–Crippen MR) is 103 cm³/mol. The number of halogens is 1. The van der Waals surface area contributed by atoms with Gasteiger partial charge in [0.2, 0.25) is 0 Å². The Morgan fingerprint density at radius 2 is 1.68 bits per heavy atom. The maximum atomic E-state index is 13.3. The van der Waals surface area contributed by atoms with Gasteiger partial charge in [-0.25, -0.2) is 23.7 Å². The summed E-state index contributed by atoms with van der Waals surface area (Å²) in [6.07, 6.45) is 0. The highest BCUT2D eigenvalue weighted by atomic mass is 19.1. The summed E-state index contributed by atoms with van der Waals surface area (Å²) in [4.78, 5) is 33.8. The van der Waals surface area contributed by atoms with Gasteiger partial charge in [-0.05, 0) is 31.2 Å². The number of aryl methyl sites for hydroxylation is 2. The molecule has 28 heavy (non-hydrogen) atoms. The molecule has 140 valence electrons. The fourth-order valence-corrected chi connectivity index (χ4v) is 3.07. The summed E-state index contributed by atoms with van der Waals surface area (Å²) in [6, 6.07) is 12.9. The van der Waals surface area contributed by atoms with Gasteiger partial charge in [-0.2, -0.15) is 0 Å². The summed E-state index contributed by atoms with van der Waals surface area (Å²) >= 11 is 0. The van der Waals surface area contributed by atoms with Crippen LogP contribution in [-0.4, -0.2) is 25.0 Å². The van der Waals surface area contributed by atoms with Crippen molar-refractivity contribution in [3.8, 4) is 17.1 Å². The molecule has 0 radical (unpaired) electrons. The molecule has 2 aromatic carbocycles. The Labute approximate surface area is 158 Å². The molecule has 0 bridgehead atoms. The molecule has 0 aliphatic carbocycles. The summed E-state index contributed by atoms with van der Waals surface area (Å²) in [5.41, 5.74) is 7.63. The molecule has 2 N–H and O–H groups in total. The number of imidazole rings is 1. The van der Waals surface area contributed by atoms with Gasteiger partial charge in [-0.3, -0.25) is 9.36 Å². The summed E-state index contributed by atoms with van der Waals surface area (Å²) < 4.78 is 15.9. The first-order valence-corrected chi connectivity index (χ1v) is 8.49. The van der Waals surface area contributed by atoms with Crippen LogP contribution in [0.4, 0.5) is 4.39 Å². The van der Waals surface area contributed by atoms with Gasteiger partial charge in [-0.15, -0.1) is 0 Å². The maximum absolute atomic E-state index is 13.3. The van der Waals surface area contributed by atoms with Crippen LogP contribution in [0.15, 0.2) is 53.3 Å². The third kappa shape index (κ3) is 2.75. The van der Waals surface area contributed by atoms with Gasteiger partial charge >= 0.3 is 5.69 Å². The van der Waals surface area contributed by atoms with Gasteiger partial charge in [0, 0.05) is 12.6 Å². The van der Waals surface area contributed by atoms with Gasteiger partial charge in [-0.1, -0.05) is 29.8 Å². The zero-order valence-electron chi connectivity index (χ0n) is 15.2. The van der Waals surface area contributed by atoms with E-state index in [1.54, 1.807) is 0 Å². The van der Waals surface area contributed by atoms with Gasteiger partial charge < -0.3 is 5.73 Å². The van der Waals surface area contributed by atoms with Crippen molar-refractivity contribution in [3.05, 3.63) is 76.1 Å². The third-order valence-corrected chi connectivity index (χ3v) is 4.52. The second kappa shape index (κ2) is 6.41. The van der Waals surface area contributed by atoms with Crippen molar-refractivity contribution >= 4 is 17.1 Å². The highest BCUT2D eigenvalue weighted by molar-refractivity contribution is 6.02. The average Bonchev–Trinajstić information content (AvgIpc) is 2.93. The SMILES string of the molecule is Cc1ccc(-c2nc(C(N)=O)c3c(n2)n(-c2ccc(F)cc2)c(=O)n3C)cc1. The highest BCUT2D eigenvalue weighted by Crippen LogP contribution is 2.23. The van der Waals surface area contributed by atoms with E-state index < -0.39 is 17.4 Å². The molecule has 0 aliphatic rings. The van der Waals surface area contributed by atoms with Crippen molar-refractivity contribution in [3.63, 3.8) is 0 Å². The normalized spacial score (nSPS) is 11.1. The number of nitrogens with zero attached hydrogens (tertiary/aromatic N) is 4. The van der Waals surface area contributed by atoms with Gasteiger partial charge in [0.1, 0.15) is 11.3 Å². The largest absolute Gasteiger partial charge is 0.364 e. The minimum Gasteiger partial charge on any atom is -0.364 e. The molecule has 0 spiro atoms. The number of aromatic nitrogens is 4. The van der Waals surface area contributed by atoms with Crippen LogP contribution in [0.5, 0.6) is 0 Å². The molecule has 0 saturated heterocycles. The zero-order chi connectivity index (χ0) is 20.0. The number of hydrogen-bond donors (Lipinski definition) is 1. The number of amides is 1. The smallest absolute Gasteiger partial charge is 0.334 e. The van der Waals surface area contributed by atoms with Crippen molar-refractivity contribution in [2.75, 3.05) is 0 Å². The van der Waals surface area contributed by atoms with Crippen LogP contribution >= 0.6 is 0 Å². The Morgan fingerprint density at radius 3 is 2.29 bits per heavy atom. The summed E-state index contributed by atoms with van der Waals surface area (Å²) in [7, 11) is 1.51. The van der Waals surface area contributed by atoms with E-state index in [1.165, 1.54) is 40.4 Å². The molecular formula is C20H16FN5O2. The molecule has 4 aromatic rings. The quantitative estimate of drug-likeness (QED) is 0.593. The van der Waals surface area contributed by atoms with Gasteiger partial charge in [0.05, 0.1) is 5.69 Å². The van der Waals surface area contributed by atoms with Crippen molar-refractivity contribution in [1.29, 1.82) is 0 Å². The van der Waals surface area contributed by atoms with E-state index in [1.807, 2.05) is 31.2 Å². The van der Waals surface area contributed by atoms with Crippen LogP contribution in [-0.2, 0) is 7.05 Å². The molecular weight excluding hydrogens is 361 g/mol. The summed E-state index contributed by atoms with van der Waals surface area (Å²) in [6.45, 7) is 1.95. The Hall–Kier alpha value is -3.81. The van der Waals surface area contributed by atoms with Crippen molar-refractivity contribution in [2.45, 2.75) is 6.92 Å². The van der Waals surface area contributed by atoms with Gasteiger partial charge in [0.25, 0.3) is 5.91 Å². The number of hydrogen-bond acceptors (Lipinski definition) is 4. The number of fused-ring (bicyclic) bond motifs is 1. The van der Waals surface area contributed by atoms with Crippen LogP contribution in [0.1, 0.15) is 16.1 Å². The van der Waals surface area contributed by atoms with E-state index in [4.69, 9.17) is 5.73 Å². The molecule has 2 aromatic heterocycles. The van der Waals surface area contributed by atoms with E-state index in [2.05, 4.69) is 9.97 Å². The monoisotopic (exact) mass is 377 g/mol. The Kier molecular flexibility index (Phi) is 4.03. The summed E-state index contributed by atoms with van der Waals surface area (Å²) in [5.74, 6) is -0.930. The molecule has 0 aliphatic heterocycles. The fourth-order valence-electron chi connectivity index (χ4n) is 3.07. The lowest BCUT2D eigenvalue weighted by Gasteiger charge is -2.07.